The summed E-state index contributed by atoms with van der Waals surface area (Å²) in [6.45, 7) is 5.77. The van der Waals surface area contributed by atoms with E-state index in [0.717, 1.165) is 10.9 Å². The molecule has 4 N–H and O–H groups in total. The molecule has 3 rings (SSSR count). The molecule has 0 bridgehead atoms. The highest BCUT2D eigenvalue weighted by atomic mass is 16.5. The molecule has 1 aromatic carbocycles. The van der Waals surface area contributed by atoms with E-state index in [1.807, 2.05) is 32.9 Å². The van der Waals surface area contributed by atoms with Gasteiger partial charge in [-0.3, -0.25) is 9.59 Å². The van der Waals surface area contributed by atoms with Gasteiger partial charge in [-0.2, -0.15) is 0 Å². The first-order chi connectivity index (χ1) is 14.2. The molecular formula is C21H28N4O5. The predicted octanol–water partition coefficient (Wildman–Crippen LogP) is 1.13. The van der Waals surface area contributed by atoms with E-state index in [0.29, 0.717) is 29.3 Å². The van der Waals surface area contributed by atoms with Crippen molar-refractivity contribution in [2.75, 3.05) is 20.2 Å². The van der Waals surface area contributed by atoms with Crippen molar-refractivity contribution >= 4 is 22.7 Å². The molecule has 2 aromatic rings. The number of carbonyl (C=O) groups is 2. The van der Waals surface area contributed by atoms with Crippen LogP contribution < -0.4 is 25.7 Å². The zero-order chi connectivity index (χ0) is 22.0. The molecule has 2 amide bonds. The van der Waals surface area contributed by atoms with Crippen LogP contribution in [0.5, 0.6) is 17.4 Å². The second kappa shape index (κ2) is 8.74. The number of fused-ring (bicyclic) bond motifs is 1. The number of nitrogens with zero attached hydrogens (tertiary/aromatic N) is 2. The quantitative estimate of drug-likeness (QED) is 0.692. The van der Waals surface area contributed by atoms with E-state index in [9.17, 15) is 9.59 Å². The van der Waals surface area contributed by atoms with Gasteiger partial charge in [0.05, 0.1) is 31.8 Å². The molecule has 1 aliphatic rings. The minimum atomic E-state index is -0.743. The van der Waals surface area contributed by atoms with Crippen molar-refractivity contribution in [2.24, 2.45) is 11.5 Å². The Morgan fingerprint density at radius 2 is 2.03 bits per heavy atom. The van der Waals surface area contributed by atoms with Crippen LogP contribution in [-0.2, 0) is 9.59 Å². The Bertz CT molecular complexity index is 962. The van der Waals surface area contributed by atoms with Crippen molar-refractivity contribution in [1.29, 1.82) is 0 Å². The summed E-state index contributed by atoms with van der Waals surface area (Å²) in [6.07, 6.45) is -0.199. The van der Waals surface area contributed by atoms with E-state index in [4.69, 9.17) is 25.7 Å². The number of nitrogens with two attached hydrogens (primary N) is 2. The van der Waals surface area contributed by atoms with E-state index < -0.39 is 18.1 Å². The smallest absolute Gasteiger partial charge is 0.240 e. The molecule has 1 aromatic heterocycles. The Labute approximate surface area is 175 Å². The molecule has 2 atom stereocenters. The maximum absolute atomic E-state index is 12.1. The lowest BCUT2D eigenvalue weighted by molar-refractivity contribution is -0.136. The topological polar surface area (TPSA) is 130 Å². The summed E-state index contributed by atoms with van der Waals surface area (Å²) in [5.74, 6) is 0.762. The van der Waals surface area contributed by atoms with Crippen molar-refractivity contribution in [1.82, 2.24) is 9.88 Å². The van der Waals surface area contributed by atoms with Crippen molar-refractivity contribution in [2.45, 2.75) is 45.4 Å². The van der Waals surface area contributed by atoms with E-state index in [-0.39, 0.29) is 25.1 Å². The average molecular weight is 416 g/mol. The Balaban J connectivity index is 1.99. The number of methoxy groups -OCH3 is 1. The first kappa shape index (κ1) is 21.6. The van der Waals surface area contributed by atoms with Crippen LogP contribution in [0.1, 0.15) is 25.8 Å². The number of hydrogen-bond acceptors (Lipinski definition) is 7. The maximum Gasteiger partial charge on any atom is 0.240 e. The summed E-state index contributed by atoms with van der Waals surface area (Å²) in [7, 11) is 1.60. The summed E-state index contributed by atoms with van der Waals surface area (Å²) in [4.78, 5) is 30.0. The monoisotopic (exact) mass is 416 g/mol. The Kier molecular flexibility index (Phi) is 6.31. The van der Waals surface area contributed by atoms with E-state index in [1.54, 1.807) is 13.2 Å². The number of ether oxygens (including phenoxy) is 3. The highest BCUT2D eigenvalue weighted by Gasteiger charge is 2.39. The fourth-order valence-electron chi connectivity index (χ4n) is 3.70. The first-order valence-corrected chi connectivity index (χ1v) is 9.85. The molecule has 9 heteroatoms. The fraction of sp³-hybridized carbons (Fsp3) is 0.476. The number of primary amides is 1. The zero-order valence-electron chi connectivity index (χ0n) is 17.7. The summed E-state index contributed by atoms with van der Waals surface area (Å²) >= 11 is 0. The first-order valence-electron chi connectivity index (χ1n) is 9.85. The second-order valence-corrected chi connectivity index (χ2v) is 7.56. The van der Waals surface area contributed by atoms with Gasteiger partial charge in [-0.1, -0.05) is 0 Å². The zero-order valence-corrected chi connectivity index (χ0v) is 17.7. The van der Waals surface area contributed by atoms with Crippen LogP contribution in [0.4, 0.5) is 0 Å². The number of carbonyl (C=O) groups excluding carboxylic acids is 2. The van der Waals surface area contributed by atoms with Gasteiger partial charge in [0.2, 0.25) is 17.7 Å². The summed E-state index contributed by atoms with van der Waals surface area (Å²) < 4.78 is 17.5. The number of amides is 2. The van der Waals surface area contributed by atoms with Gasteiger partial charge in [0.25, 0.3) is 0 Å². The summed E-state index contributed by atoms with van der Waals surface area (Å²) in [5.41, 5.74) is 12.5. The van der Waals surface area contributed by atoms with Crippen LogP contribution in [0.3, 0.4) is 0 Å². The largest absolute Gasteiger partial charge is 0.496 e. The molecule has 0 saturated carbocycles. The van der Waals surface area contributed by atoms with Crippen molar-refractivity contribution in [3.8, 4) is 17.4 Å². The number of aromatic nitrogens is 1. The number of pyridine rings is 1. The van der Waals surface area contributed by atoms with Crippen LogP contribution in [0.15, 0.2) is 18.2 Å². The molecule has 2 heterocycles. The van der Waals surface area contributed by atoms with Gasteiger partial charge < -0.3 is 30.6 Å². The summed E-state index contributed by atoms with van der Waals surface area (Å²) in [5, 5.41) is 0.781. The molecule has 1 aliphatic heterocycles. The normalized spacial score (nSPS) is 18.7. The van der Waals surface area contributed by atoms with Gasteiger partial charge in [0.1, 0.15) is 23.6 Å². The molecule has 30 heavy (non-hydrogen) atoms. The predicted molar refractivity (Wildman–Crippen MR) is 112 cm³/mol. The number of hydrogen-bond donors (Lipinski definition) is 2. The van der Waals surface area contributed by atoms with Crippen molar-refractivity contribution in [3.63, 3.8) is 0 Å². The van der Waals surface area contributed by atoms with E-state index in [1.165, 1.54) is 4.90 Å². The fourth-order valence-corrected chi connectivity index (χ4v) is 3.70. The van der Waals surface area contributed by atoms with Gasteiger partial charge >= 0.3 is 0 Å². The maximum atomic E-state index is 12.1. The second-order valence-electron chi connectivity index (χ2n) is 7.56. The standard InChI is InChI=1S/C21H28N4O5/c1-11(2)29-18-8-17(14-5-6-16(28-4)12(3)20(14)24-18)30-13-7-15(21(23)27)25(10-13)19(26)9-22/h5-6,8,11,13,15H,7,9-10,22H2,1-4H3,(H2,23,27)/t13-,15?/m1/s1. The number of likely N-dealkylation sites (tertiary alicyclic amines) is 1. The molecule has 9 nitrogen and oxygen atoms in total. The van der Waals surface area contributed by atoms with Crippen LogP contribution in [0, 0.1) is 6.92 Å². The van der Waals surface area contributed by atoms with Crippen molar-refractivity contribution in [3.05, 3.63) is 23.8 Å². The molecule has 0 radical (unpaired) electrons. The minimum absolute atomic E-state index is 0.0721. The molecule has 1 unspecified atom stereocenters. The molecule has 0 spiro atoms. The van der Waals surface area contributed by atoms with E-state index in [2.05, 4.69) is 4.98 Å². The highest BCUT2D eigenvalue weighted by molar-refractivity contribution is 5.90. The highest BCUT2D eigenvalue weighted by Crippen LogP contribution is 2.36. The van der Waals surface area contributed by atoms with Crippen molar-refractivity contribution < 1.29 is 23.8 Å². The third kappa shape index (κ3) is 4.25. The number of aryl methyl sites for hydroxylation is 1. The molecule has 0 aliphatic carbocycles. The van der Waals surface area contributed by atoms with Crippen LogP contribution in [0.2, 0.25) is 0 Å². The Morgan fingerprint density at radius 3 is 2.63 bits per heavy atom. The van der Waals surface area contributed by atoms with Gasteiger partial charge in [-0.25, -0.2) is 4.98 Å². The lowest BCUT2D eigenvalue weighted by Crippen LogP contribution is -2.46. The lowest BCUT2D eigenvalue weighted by Gasteiger charge is -2.21. The van der Waals surface area contributed by atoms with Crippen LogP contribution in [-0.4, -0.2) is 60.1 Å². The average Bonchev–Trinajstić information content (AvgIpc) is 3.12. The molecular weight excluding hydrogens is 388 g/mol. The SMILES string of the molecule is COc1ccc2c(O[C@@H]3CC(C(N)=O)N(C(=O)CN)C3)cc(OC(C)C)nc2c1C. The molecule has 162 valence electrons. The minimum Gasteiger partial charge on any atom is -0.496 e. The van der Waals surface area contributed by atoms with Gasteiger partial charge in [0, 0.05) is 23.4 Å². The van der Waals surface area contributed by atoms with E-state index >= 15 is 0 Å². The third-order valence-corrected chi connectivity index (χ3v) is 5.08. The van der Waals surface area contributed by atoms with Crippen LogP contribution in [0.25, 0.3) is 10.9 Å². The van der Waals surface area contributed by atoms with Gasteiger partial charge in [-0.15, -0.1) is 0 Å². The Morgan fingerprint density at radius 1 is 1.30 bits per heavy atom. The summed E-state index contributed by atoms with van der Waals surface area (Å²) in [6, 6.07) is 4.69. The van der Waals surface area contributed by atoms with Gasteiger partial charge in [-0.05, 0) is 32.9 Å². The number of benzene rings is 1. The molecule has 1 saturated heterocycles. The third-order valence-electron chi connectivity index (χ3n) is 5.08. The lowest BCUT2D eigenvalue weighted by atomic mass is 10.1. The number of rotatable bonds is 7. The molecule has 1 fully saturated rings. The Hall–Kier alpha value is -3.07. The van der Waals surface area contributed by atoms with Gasteiger partial charge in [0.15, 0.2) is 0 Å². The van der Waals surface area contributed by atoms with Crippen LogP contribution >= 0.6 is 0 Å².